The molecule has 19 heavy (non-hydrogen) atoms. The van der Waals surface area contributed by atoms with Gasteiger partial charge in [-0.1, -0.05) is 6.58 Å². The Bertz CT molecular complexity index is 518. The molecule has 2 rings (SSSR count). The van der Waals surface area contributed by atoms with Gasteiger partial charge in [-0.05, 0) is 25.7 Å². The second kappa shape index (κ2) is 4.63. The molecule has 0 spiro atoms. The molecule has 2 fully saturated rings. The molecule has 0 heterocycles. The van der Waals surface area contributed by atoms with Crippen molar-refractivity contribution in [2.24, 2.45) is 5.10 Å². The number of hydrogen-bond acceptors (Lipinski definition) is 5. The molecule has 6 nitrogen and oxygen atoms in total. The summed E-state index contributed by atoms with van der Waals surface area (Å²) in [5.41, 5.74) is 0.148. The Morgan fingerprint density at radius 1 is 1.47 bits per heavy atom. The number of nitrogens with zero attached hydrogens (tertiary/aromatic N) is 2. The van der Waals surface area contributed by atoms with Crippen LogP contribution in [0.3, 0.4) is 0 Å². The Hall–Kier alpha value is -1.37. The van der Waals surface area contributed by atoms with Crippen LogP contribution in [0.5, 0.6) is 0 Å². The quantitative estimate of drug-likeness (QED) is 0.414. The first-order valence-corrected chi connectivity index (χ1v) is 7.79. The number of amides is 1. The van der Waals surface area contributed by atoms with E-state index in [2.05, 4.69) is 23.7 Å². The van der Waals surface area contributed by atoms with Gasteiger partial charge in [0.25, 0.3) is 5.91 Å². The molecule has 0 aromatic carbocycles. The van der Waals surface area contributed by atoms with Crippen LogP contribution >= 0.6 is 0 Å². The van der Waals surface area contributed by atoms with Gasteiger partial charge in [0.2, 0.25) is 0 Å². The van der Waals surface area contributed by atoms with Crippen LogP contribution < -0.4 is 5.32 Å². The molecule has 0 aliphatic heterocycles. The van der Waals surface area contributed by atoms with E-state index in [9.17, 15) is 13.2 Å². The number of hydrogen-bond donors (Lipinski definition) is 1. The molecular formula is C12H19N3O3S. The third kappa shape index (κ3) is 2.51. The van der Waals surface area contributed by atoms with Crippen LogP contribution in [0.25, 0.3) is 0 Å². The molecule has 1 amide bonds. The molecule has 0 aromatic rings. The monoisotopic (exact) mass is 285 g/mol. The topological polar surface area (TPSA) is 78.8 Å². The first kappa shape index (κ1) is 14.0. The molecule has 2 aliphatic rings. The van der Waals surface area contributed by atoms with Crippen molar-refractivity contribution >= 4 is 22.5 Å². The van der Waals surface area contributed by atoms with Crippen molar-refractivity contribution in [3.63, 3.8) is 0 Å². The zero-order valence-corrected chi connectivity index (χ0v) is 11.9. The second-order valence-corrected chi connectivity index (χ2v) is 7.84. The lowest BCUT2D eigenvalue weighted by atomic mass is 10.3. The summed E-state index contributed by atoms with van der Waals surface area (Å²) in [6.07, 6.45) is 2.78. The highest BCUT2D eigenvalue weighted by molar-refractivity contribution is 7.94. The molecular weight excluding hydrogens is 266 g/mol. The molecule has 2 saturated carbocycles. The van der Waals surface area contributed by atoms with Crippen molar-refractivity contribution in [1.29, 1.82) is 0 Å². The lowest BCUT2D eigenvalue weighted by molar-refractivity contribution is -0.118. The maximum atomic E-state index is 12.2. The van der Waals surface area contributed by atoms with Gasteiger partial charge in [0, 0.05) is 20.3 Å². The zero-order valence-electron chi connectivity index (χ0n) is 11.1. The van der Waals surface area contributed by atoms with Gasteiger partial charge in [0.15, 0.2) is 9.84 Å². The van der Waals surface area contributed by atoms with Crippen LogP contribution in [0.15, 0.2) is 17.4 Å². The van der Waals surface area contributed by atoms with Gasteiger partial charge >= 0.3 is 0 Å². The van der Waals surface area contributed by atoms with Crippen molar-refractivity contribution in [3.8, 4) is 0 Å². The fourth-order valence-electron chi connectivity index (χ4n) is 2.01. The summed E-state index contributed by atoms with van der Waals surface area (Å²) in [4.78, 5) is 11.8. The summed E-state index contributed by atoms with van der Waals surface area (Å²) in [5.74, 6) is -0.410. The average Bonchev–Trinajstić information content (AvgIpc) is 3.26. The third-order valence-electron chi connectivity index (χ3n) is 3.81. The van der Waals surface area contributed by atoms with Crippen molar-refractivity contribution in [2.45, 2.75) is 35.7 Å². The van der Waals surface area contributed by atoms with E-state index in [1.54, 1.807) is 7.05 Å². The van der Waals surface area contributed by atoms with E-state index >= 15 is 0 Å². The van der Waals surface area contributed by atoms with Gasteiger partial charge in [-0.2, -0.15) is 5.10 Å². The number of sulfone groups is 1. The molecule has 0 unspecified atom stereocenters. The largest absolute Gasteiger partial charge is 0.349 e. The second-order valence-electron chi connectivity index (χ2n) is 5.22. The SMILES string of the molecule is C=NN(C)C(=C)C(=O)NCC1(S(=O)(=O)C2CC2)CC1. The van der Waals surface area contributed by atoms with E-state index in [0.29, 0.717) is 12.8 Å². The lowest BCUT2D eigenvalue weighted by Crippen LogP contribution is -2.41. The molecule has 0 atom stereocenters. The van der Waals surface area contributed by atoms with E-state index in [1.165, 1.54) is 5.01 Å². The van der Waals surface area contributed by atoms with Crippen LogP contribution in [-0.2, 0) is 14.6 Å². The minimum Gasteiger partial charge on any atom is -0.349 e. The normalized spacial score (nSPS) is 20.5. The summed E-state index contributed by atoms with van der Waals surface area (Å²) in [5, 5.41) is 7.27. The summed E-state index contributed by atoms with van der Waals surface area (Å²) < 4.78 is 23.7. The van der Waals surface area contributed by atoms with Crippen LogP contribution in [0.2, 0.25) is 0 Å². The molecule has 0 bridgehead atoms. The first-order chi connectivity index (χ1) is 8.84. The highest BCUT2D eigenvalue weighted by Crippen LogP contribution is 2.49. The minimum absolute atomic E-state index is 0.148. The molecule has 0 saturated heterocycles. The predicted molar refractivity (Wildman–Crippen MR) is 73.4 cm³/mol. The smallest absolute Gasteiger partial charge is 0.268 e. The van der Waals surface area contributed by atoms with E-state index < -0.39 is 20.5 Å². The number of carbonyl (C=O) groups excluding carboxylic acids is 1. The molecule has 2 aliphatic carbocycles. The van der Waals surface area contributed by atoms with Gasteiger partial charge in [0.1, 0.15) is 5.70 Å². The number of carbonyl (C=O) groups is 1. The van der Waals surface area contributed by atoms with Gasteiger partial charge in [0.05, 0.1) is 10.00 Å². The Morgan fingerprint density at radius 3 is 2.47 bits per heavy atom. The standard InChI is InChI=1S/C12H19N3O3S/c1-9(15(3)13-2)11(16)14-8-12(6-7-12)19(17,18)10-4-5-10/h10H,1-2,4-8H2,3H3,(H,14,16). The molecule has 7 heteroatoms. The number of hydrazone groups is 1. The van der Waals surface area contributed by atoms with Gasteiger partial charge in [-0.3, -0.25) is 9.80 Å². The lowest BCUT2D eigenvalue weighted by Gasteiger charge is -2.19. The fourth-order valence-corrected chi connectivity index (χ4v) is 4.42. The summed E-state index contributed by atoms with van der Waals surface area (Å²) in [6, 6.07) is 0. The number of rotatable bonds is 7. The van der Waals surface area contributed by atoms with Crippen molar-refractivity contribution in [2.75, 3.05) is 13.6 Å². The van der Waals surface area contributed by atoms with Crippen molar-refractivity contribution in [1.82, 2.24) is 10.3 Å². The van der Waals surface area contributed by atoms with E-state index in [0.717, 1.165) is 12.8 Å². The van der Waals surface area contributed by atoms with Crippen LogP contribution in [0, 0.1) is 0 Å². The average molecular weight is 285 g/mol. The predicted octanol–water partition coefficient (Wildman–Crippen LogP) is 0.274. The Kier molecular flexibility index (Phi) is 3.42. The number of nitrogens with one attached hydrogen (secondary N) is 1. The van der Waals surface area contributed by atoms with Crippen LogP contribution in [0.4, 0.5) is 0 Å². The van der Waals surface area contributed by atoms with Gasteiger partial charge < -0.3 is 5.32 Å². The summed E-state index contributed by atoms with van der Waals surface area (Å²) in [6.45, 7) is 7.04. The maximum Gasteiger partial charge on any atom is 0.268 e. The molecule has 0 radical (unpaired) electrons. The Morgan fingerprint density at radius 2 is 2.05 bits per heavy atom. The highest BCUT2D eigenvalue weighted by atomic mass is 32.2. The van der Waals surface area contributed by atoms with Gasteiger partial charge in [-0.25, -0.2) is 8.42 Å². The fraction of sp³-hybridized carbons (Fsp3) is 0.667. The molecule has 0 aromatic heterocycles. The zero-order chi connectivity index (χ0) is 14.3. The van der Waals surface area contributed by atoms with Crippen molar-refractivity contribution in [3.05, 3.63) is 12.3 Å². The first-order valence-electron chi connectivity index (χ1n) is 6.25. The molecule has 106 valence electrons. The Balaban J connectivity index is 1.94. The van der Waals surface area contributed by atoms with E-state index in [-0.39, 0.29) is 17.5 Å². The van der Waals surface area contributed by atoms with Crippen LogP contribution in [-0.4, -0.2) is 49.6 Å². The third-order valence-corrected chi connectivity index (χ3v) is 6.92. The Labute approximate surface area is 113 Å². The molecule has 1 N–H and O–H groups in total. The van der Waals surface area contributed by atoms with Crippen molar-refractivity contribution < 1.29 is 13.2 Å². The maximum absolute atomic E-state index is 12.2. The van der Waals surface area contributed by atoms with Gasteiger partial charge in [-0.15, -0.1) is 0 Å². The highest BCUT2D eigenvalue weighted by Gasteiger charge is 2.59. The summed E-state index contributed by atoms with van der Waals surface area (Å²) >= 11 is 0. The summed E-state index contributed by atoms with van der Waals surface area (Å²) in [7, 11) is -1.54. The van der Waals surface area contributed by atoms with E-state index in [1.807, 2.05) is 0 Å². The number of likely N-dealkylation sites (N-methyl/N-ethyl adjacent to an activating group) is 1. The minimum atomic E-state index is -3.10. The van der Waals surface area contributed by atoms with Crippen LogP contribution in [0.1, 0.15) is 25.7 Å². The van der Waals surface area contributed by atoms with E-state index in [4.69, 9.17) is 0 Å².